The third-order valence-corrected chi connectivity index (χ3v) is 4.15. The van der Waals surface area contributed by atoms with Gasteiger partial charge in [0.1, 0.15) is 0 Å². The fourth-order valence-corrected chi connectivity index (χ4v) is 2.25. The van der Waals surface area contributed by atoms with Crippen LogP contribution in [0.25, 0.3) is 0 Å². The van der Waals surface area contributed by atoms with Gasteiger partial charge in [-0.25, -0.2) is 0 Å². The van der Waals surface area contributed by atoms with Gasteiger partial charge in [-0.1, -0.05) is 34.8 Å². The maximum Gasteiger partial charge on any atom is 0.257 e. The van der Waals surface area contributed by atoms with Crippen molar-refractivity contribution in [2.45, 2.75) is 0 Å². The lowest BCUT2D eigenvalue weighted by Gasteiger charge is -2.08. The van der Waals surface area contributed by atoms with Gasteiger partial charge in [0.2, 0.25) is 0 Å². The number of amides is 1. The number of hydrogen-bond donors (Lipinski definition) is 1. The topological polar surface area (TPSA) is 29.1 Å². The number of halogens is 4. The molecule has 0 fully saturated rings. The van der Waals surface area contributed by atoms with Crippen molar-refractivity contribution in [3.8, 4) is 0 Å². The van der Waals surface area contributed by atoms with Crippen molar-refractivity contribution in [1.29, 1.82) is 0 Å². The number of hydrogen-bond acceptors (Lipinski definition) is 1. The monoisotopic (exact) mass is 377 g/mol. The largest absolute Gasteiger partial charge is 0.322 e. The summed E-state index contributed by atoms with van der Waals surface area (Å²) < 4.78 is 0.757. The molecule has 1 N–H and O–H groups in total. The van der Waals surface area contributed by atoms with E-state index in [1.165, 1.54) is 6.07 Å². The second kappa shape index (κ2) is 6.14. The van der Waals surface area contributed by atoms with E-state index in [2.05, 4.69) is 21.2 Å². The Morgan fingerprint density at radius 1 is 1.00 bits per heavy atom. The first-order valence-corrected chi connectivity index (χ1v) is 7.11. The van der Waals surface area contributed by atoms with E-state index in [1.54, 1.807) is 30.3 Å². The maximum absolute atomic E-state index is 12.1. The molecule has 19 heavy (non-hydrogen) atoms. The Morgan fingerprint density at radius 3 is 2.42 bits per heavy atom. The number of nitrogens with one attached hydrogen (secondary N) is 1. The Bertz CT molecular complexity index is 646. The highest BCUT2D eigenvalue weighted by Gasteiger charge is 2.11. The van der Waals surface area contributed by atoms with Crippen LogP contribution in [0.2, 0.25) is 15.1 Å². The third-order valence-electron chi connectivity index (χ3n) is 2.35. The summed E-state index contributed by atoms with van der Waals surface area (Å²) in [6.07, 6.45) is 0. The van der Waals surface area contributed by atoms with E-state index in [1.807, 2.05) is 0 Å². The summed E-state index contributed by atoms with van der Waals surface area (Å²) in [5.41, 5.74) is 0.891. The second-order valence-electron chi connectivity index (χ2n) is 3.71. The molecule has 2 aromatic carbocycles. The van der Waals surface area contributed by atoms with Crippen LogP contribution in [0, 0.1) is 0 Å². The van der Waals surface area contributed by atoms with Crippen molar-refractivity contribution in [3.05, 3.63) is 61.5 Å². The van der Waals surface area contributed by atoms with E-state index >= 15 is 0 Å². The number of rotatable bonds is 2. The molecule has 0 spiro atoms. The Hall–Kier alpha value is -0.740. The Morgan fingerprint density at radius 2 is 1.74 bits per heavy atom. The van der Waals surface area contributed by atoms with Gasteiger partial charge in [0, 0.05) is 15.2 Å². The van der Waals surface area contributed by atoms with Gasteiger partial charge in [-0.3, -0.25) is 4.79 Å². The quantitative estimate of drug-likeness (QED) is 0.716. The van der Waals surface area contributed by atoms with Crippen molar-refractivity contribution in [1.82, 2.24) is 0 Å². The molecular weight excluding hydrogens is 372 g/mol. The van der Waals surface area contributed by atoms with Crippen LogP contribution >= 0.6 is 50.7 Å². The highest BCUT2D eigenvalue weighted by Crippen LogP contribution is 2.27. The molecule has 0 bridgehead atoms. The minimum absolute atomic E-state index is 0.313. The maximum atomic E-state index is 12.1. The van der Waals surface area contributed by atoms with Crippen molar-refractivity contribution >= 4 is 62.3 Å². The minimum atomic E-state index is -0.342. The van der Waals surface area contributed by atoms with Crippen LogP contribution < -0.4 is 5.32 Å². The zero-order valence-corrected chi connectivity index (χ0v) is 13.2. The van der Waals surface area contributed by atoms with E-state index in [0.717, 1.165) is 4.47 Å². The first-order valence-electron chi connectivity index (χ1n) is 5.19. The van der Waals surface area contributed by atoms with E-state index in [0.29, 0.717) is 26.3 Å². The van der Waals surface area contributed by atoms with Gasteiger partial charge in [0.15, 0.2) is 0 Å². The molecule has 0 aromatic heterocycles. The number of carbonyl (C=O) groups is 1. The summed E-state index contributed by atoms with van der Waals surface area (Å²) in [6.45, 7) is 0. The predicted molar refractivity (Wildman–Crippen MR) is 83.6 cm³/mol. The molecule has 98 valence electrons. The summed E-state index contributed by atoms with van der Waals surface area (Å²) in [5, 5.41) is 4.00. The van der Waals surface area contributed by atoms with Crippen LogP contribution in [-0.2, 0) is 0 Å². The minimum Gasteiger partial charge on any atom is -0.322 e. The van der Waals surface area contributed by atoms with Crippen LogP contribution in [0.3, 0.4) is 0 Å². The highest BCUT2D eigenvalue weighted by molar-refractivity contribution is 9.10. The van der Waals surface area contributed by atoms with Crippen LogP contribution in [0.15, 0.2) is 40.9 Å². The molecule has 2 rings (SSSR count). The Kier molecular flexibility index (Phi) is 4.74. The number of anilines is 1. The number of carbonyl (C=O) groups excluding carboxylic acids is 1. The van der Waals surface area contributed by atoms with Gasteiger partial charge in [-0.2, -0.15) is 0 Å². The highest BCUT2D eigenvalue weighted by atomic mass is 79.9. The van der Waals surface area contributed by atoms with Crippen LogP contribution in [0.5, 0.6) is 0 Å². The second-order valence-corrected chi connectivity index (χ2v) is 5.81. The van der Waals surface area contributed by atoms with Crippen LogP contribution in [0.4, 0.5) is 5.69 Å². The number of benzene rings is 2. The zero-order chi connectivity index (χ0) is 14.0. The zero-order valence-electron chi connectivity index (χ0n) is 9.38. The molecule has 0 radical (unpaired) electrons. The molecule has 2 nitrogen and oxygen atoms in total. The standard InChI is InChI=1S/C13H7BrCl3NO/c14-10-3-2-8(6-12(10)17)18-13(19)9-5-7(15)1-4-11(9)16/h1-6H,(H,18,19). The van der Waals surface area contributed by atoms with Gasteiger partial charge in [-0.05, 0) is 52.3 Å². The van der Waals surface area contributed by atoms with E-state index in [9.17, 15) is 4.79 Å². The molecule has 0 aliphatic carbocycles. The van der Waals surface area contributed by atoms with Gasteiger partial charge in [-0.15, -0.1) is 0 Å². The molecule has 1 amide bonds. The van der Waals surface area contributed by atoms with Gasteiger partial charge >= 0.3 is 0 Å². The smallest absolute Gasteiger partial charge is 0.257 e. The fraction of sp³-hybridized carbons (Fsp3) is 0. The average Bonchev–Trinajstić information content (AvgIpc) is 2.36. The predicted octanol–water partition coefficient (Wildman–Crippen LogP) is 5.66. The molecule has 0 aliphatic heterocycles. The van der Waals surface area contributed by atoms with E-state index in [-0.39, 0.29) is 5.91 Å². The molecule has 0 saturated heterocycles. The molecule has 0 saturated carbocycles. The fourth-order valence-electron chi connectivity index (χ4n) is 1.44. The van der Waals surface area contributed by atoms with Crippen molar-refractivity contribution < 1.29 is 4.79 Å². The van der Waals surface area contributed by atoms with Crippen molar-refractivity contribution in [2.75, 3.05) is 5.32 Å². The third kappa shape index (κ3) is 3.63. The lowest BCUT2D eigenvalue weighted by molar-refractivity contribution is 0.102. The lowest BCUT2D eigenvalue weighted by atomic mass is 10.2. The van der Waals surface area contributed by atoms with Gasteiger partial charge < -0.3 is 5.32 Å². The molecule has 2 aromatic rings. The summed E-state index contributed by atoms with van der Waals surface area (Å²) >= 11 is 21.0. The SMILES string of the molecule is O=C(Nc1ccc(Br)c(Cl)c1)c1cc(Cl)ccc1Cl. The summed E-state index contributed by atoms with van der Waals surface area (Å²) in [7, 11) is 0. The molecule has 0 atom stereocenters. The lowest BCUT2D eigenvalue weighted by Crippen LogP contribution is -2.12. The van der Waals surface area contributed by atoms with Gasteiger partial charge in [0.25, 0.3) is 5.91 Å². The summed E-state index contributed by atoms with van der Waals surface area (Å²) in [5.74, 6) is -0.342. The first-order chi connectivity index (χ1) is 8.97. The average molecular weight is 379 g/mol. The summed E-state index contributed by atoms with van der Waals surface area (Å²) in [4.78, 5) is 12.1. The van der Waals surface area contributed by atoms with Crippen molar-refractivity contribution in [3.63, 3.8) is 0 Å². The van der Waals surface area contributed by atoms with Gasteiger partial charge in [0.05, 0.1) is 15.6 Å². The summed E-state index contributed by atoms with van der Waals surface area (Å²) in [6, 6.07) is 9.83. The van der Waals surface area contributed by atoms with E-state index < -0.39 is 0 Å². The Balaban J connectivity index is 2.25. The van der Waals surface area contributed by atoms with Crippen LogP contribution in [0.1, 0.15) is 10.4 Å². The molecule has 6 heteroatoms. The van der Waals surface area contributed by atoms with Crippen molar-refractivity contribution in [2.24, 2.45) is 0 Å². The van der Waals surface area contributed by atoms with E-state index in [4.69, 9.17) is 34.8 Å². The molecule has 0 heterocycles. The molecule has 0 unspecified atom stereocenters. The first kappa shape index (κ1) is 14.7. The Labute approximate surface area is 133 Å². The molecule has 0 aliphatic rings. The molecular formula is C13H7BrCl3NO. The van der Waals surface area contributed by atoms with Crippen LogP contribution in [-0.4, -0.2) is 5.91 Å². The normalized spacial score (nSPS) is 10.3.